The first-order chi connectivity index (χ1) is 7.05. The molecule has 1 aromatic carbocycles. The highest BCUT2D eigenvalue weighted by molar-refractivity contribution is 5.37. The van der Waals surface area contributed by atoms with Gasteiger partial charge in [0, 0.05) is 6.42 Å². The molecule has 0 heterocycles. The van der Waals surface area contributed by atoms with Gasteiger partial charge in [-0.05, 0) is 11.6 Å². The van der Waals surface area contributed by atoms with Gasteiger partial charge in [-0.25, -0.2) is 0 Å². The van der Waals surface area contributed by atoms with Crippen LogP contribution in [0.15, 0.2) is 24.3 Å². The molecule has 0 aliphatic heterocycles. The molecule has 0 bridgehead atoms. The van der Waals surface area contributed by atoms with E-state index in [2.05, 4.69) is 4.74 Å². The Hall–Kier alpha value is -1.52. The van der Waals surface area contributed by atoms with E-state index in [-0.39, 0.29) is 25.1 Å². The van der Waals surface area contributed by atoms with E-state index < -0.39 is 11.7 Å². The molecule has 0 fully saturated rings. The normalized spacial score (nSPS) is 11.1. The number of hydrogen-bond acceptors (Lipinski definition) is 2. The maximum Gasteiger partial charge on any atom is 0.416 e. The monoisotopic (exact) mass is 218 g/mol. The van der Waals surface area contributed by atoms with Crippen LogP contribution in [0, 0.1) is 0 Å². The topological polar surface area (TPSA) is 26.3 Å². The quantitative estimate of drug-likeness (QED) is 0.573. The summed E-state index contributed by atoms with van der Waals surface area (Å²) in [5, 5.41) is 0. The highest BCUT2D eigenvalue weighted by Crippen LogP contribution is 2.31. The lowest BCUT2D eigenvalue weighted by Gasteiger charge is -2.11. The van der Waals surface area contributed by atoms with Gasteiger partial charge in [-0.15, -0.1) is 0 Å². The second-order valence-corrected chi connectivity index (χ2v) is 2.87. The van der Waals surface area contributed by atoms with Gasteiger partial charge in [0.15, 0.2) is 0 Å². The summed E-state index contributed by atoms with van der Waals surface area (Å²) in [6, 6.07) is 5.23. The maximum absolute atomic E-state index is 12.4. The van der Waals surface area contributed by atoms with Crippen molar-refractivity contribution in [3.8, 4) is 0 Å². The summed E-state index contributed by atoms with van der Waals surface area (Å²) < 4.78 is 41.7. The van der Waals surface area contributed by atoms with Gasteiger partial charge in [0.2, 0.25) is 0 Å². The zero-order chi connectivity index (χ0) is 11.3. The molecule has 0 saturated heterocycles. The summed E-state index contributed by atoms with van der Waals surface area (Å²) in [4.78, 5) is 9.83. The van der Waals surface area contributed by atoms with Gasteiger partial charge in [0.05, 0.1) is 12.2 Å². The number of ether oxygens (including phenoxy) is 1. The average Bonchev–Trinajstić information content (AvgIpc) is 2.17. The predicted octanol–water partition coefficient (Wildman–Crippen LogP) is 2.42. The number of alkyl halides is 3. The summed E-state index contributed by atoms with van der Waals surface area (Å²) in [7, 11) is 0. The summed E-state index contributed by atoms with van der Waals surface area (Å²) in [6.07, 6.45) is -4.30. The Labute approximate surface area is 84.7 Å². The van der Waals surface area contributed by atoms with Crippen molar-refractivity contribution in [3.63, 3.8) is 0 Å². The molecule has 15 heavy (non-hydrogen) atoms. The van der Waals surface area contributed by atoms with E-state index >= 15 is 0 Å². The van der Waals surface area contributed by atoms with E-state index in [0.717, 1.165) is 6.07 Å². The zero-order valence-electron chi connectivity index (χ0n) is 7.75. The first-order valence-corrected chi connectivity index (χ1v) is 4.26. The first-order valence-electron chi connectivity index (χ1n) is 4.26. The van der Waals surface area contributed by atoms with Crippen molar-refractivity contribution in [1.29, 1.82) is 0 Å². The van der Waals surface area contributed by atoms with Crippen molar-refractivity contribution in [2.24, 2.45) is 0 Å². The highest BCUT2D eigenvalue weighted by Gasteiger charge is 2.32. The van der Waals surface area contributed by atoms with Crippen molar-refractivity contribution in [3.05, 3.63) is 35.4 Å². The van der Waals surface area contributed by atoms with Crippen LogP contribution >= 0.6 is 0 Å². The lowest BCUT2D eigenvalue weighted by atomic mass is 10.0. The molecule has 0 aliphatic rings. The summed E-state index contributed by atoms with van der Waals surface area (Å²) in [5.74, 6) is 0. The zero-order valence-corrected chi connectivity index (χ0v) is 7.75. The van der Waals surface area contributed by atoms with Gasteiger partial charge >= 0.3 is 6.18 Å². The molecule has 0 aliphatic carbocycles. The molecule has 0 aromatic heterocycles. The minimum atomic E-state index is -4.36. The van der Waals surface area contributed by atoms with E-state index in [9.17, 15) is 18.0 Å². The third-order valence-corrected chi connectivity index (χ3v) is 1.88. The van der Waals surface area contributed by atoms with Crippen LogP contribution < -0.4 is 0 Å². The predicted molar refractivity (Wildman–Crippen MR) is 47.2 cm³/mol. The Bertz CT molecular complexity index is 334. The van der Waals surface area contributed by atoms with E-state index in [1.807, 2.05) is 0 Å². The molecule has 0 atom stereocenters. The molecule has 0 N–H and O–H groups in total. The molecule has 0 radical (unpaired) electrons. The Balaban J connectivity index is 2.82. The smallest absolute Gasteiger partial charge is 0.416 e. The Morgan fingerprint density at radius 2 is 1.93 bits per heavy atom. The molecule has 1 aromatic rings. The van der Waals surface area contributed by atoms with Crippen molar-refractivity contribution in [1.82, 2.24) is 0 Å². The number of carbonyl (C=O) groups excluding carboxylic acids is 1. The molecule has 0 saturated carbocycles. The van der Waals surface area contributed by atoms with Crippen molar-refractivity contribution < 1.29 is 22.7 Å². The van der Waals surface area contributed by atoms with Crippen LogP contribution in [0.2, 0.25) is 0 Å². The molecule has 5 heteroatoms. The Kier molecular flexibility index (Phi) is 3.71. The van der Waals surface area contributed by atoms with Crippen molar-refractivity contribution in [2.45, 2.75) is 12.6 Å². The summed E-state index contributed by atoms with van der Waals surface area (Å²) in [5.41, 5.74) is -0.550. The number of benzene rings is 1. The van der Waals surface area contributed by atoms with Gasteiger partial charge in [-0.3, -0.25) is 4.79 Å². The molecular weight excluding hydrogens is 209 g/mol. The van der Waals surface area contributed by atoms with Crippen LogP contribution in [0.4, 0.5) is 13.2 Å². The minimum absolute atomic E-state index is 0.0450. The number of carbonyl (C=O) groups is 1. The SMILES string of the molecule is O=COCCc1ccccc1C(F)(F)F. The van der Waals surface area contributed by atoms with Crippen LogP contribution in [0.1, 0.15) is 11.1 Å². The van der Waals surface area contributed by atoms with Crippen molar-refractivity contribution >= 4 is 6.47 Å². The molecule has 0 amide bonds. The number of rotatable bonds is 4. The third-order valence-electron chi connectivity index (χ3n) is 1.88. The van der Waals surface area contributed by atoms with E-state index in [1.165, 1.54) is 18.2 Å². The van der Waals surface area contributed by atoms with Gasteiger partial charge in [0.25, 0.3) is 6.47 Å². The second-order valence-electron chi connectivity index (χ2n) is 2.87. The minimum Gasteiger partial charge on any atom is -0.468 e. The van der Waals surface area contributed by atoms with E-state index in [4.69, 9.17) is 0 Å². The van der Waals surface area contributed by atoms with Gasteiger partial charge < -0.3 is 4.74 Å². The highest BCUT2D eigenvalue weighted by atomic mass is 19.4. The number of halogens is 3. The Morgan fingerprint density at radius 1 is 1.27 bits per heavy atom. The van der Waals surface area contributed by atoms with Crippen LogP contribution in [-0.4, -0.2) is 13.1 Å². The van der Waals surface area contributed by atoms with Gasteiger partial charge in [-0.2, -0.15) is 13.2 Å². The molecule has 0 unspecified atom stereocenters. The van der Waals surface area contributed by atoms with Crippen LogP contribution in [-0.2, 0) is 22.1 Å². The van der Waals surface area contributed by atoms with E-state index in [1.54, 1.807) is 0 Å². The van der Waals surface area contributed by atoms with Crippen LogP contribution in [0.3, 0.4) is 0 Å². The number of hydrogen-bond donors (Lipinski definition) is 0. The van der Waals surface area contributed by atoms with Crippen LogP contribution in [0.5, 0.6) is 0 Å². The fourth-order valence-corrected chi connectivity index (χ4v) is 1.23. The fraction of sp³-hybridized carbons (Fsp3) is 0.300. The van der Waals surface area contributed by atoms with Gasteiger partial charge in [-0.1, -0.05) is 18.2 Å². The molecular formula is C10H9F3O2. The lowest BCUT2D eigenvalue weighted by molar-refractivity contribution is -0.138. The third kappa shape index (κ3) is 3.27. The molecule has 2 nitrogen and oxygen atoms in total. The second kappa shape index (κ2) is 4.82. The fourth-order valence-electron chi connectivity index (χ4n) is 1.23. The first kappa shape index (κ1) is 11.6. The Morgan fingerprint density at radius 3 is 2.53 bits per heavy atom. The molecule has 1 rings (SSSR count). The standard InChI is InChI=1S/C10H9F3O2/c11-10(12,13)9-4-2-1-3-8(9)5-6-15-7-14/h1-4,7H,5-6H2. The lowest BCUT2D eigenvalue weighted by Crippen LogP contribution is -2.10. The van der Waals surface area contributed by atoms with Gasteiger partial charge in [0.1, 0.15) is 0 Å². The summed E-state index contributed by atoms with van der Waals surface area (Å²) in [6.45, 7) is 0.173. The summed E-state index contributed by atoms with van der Waals surface area (Å²) >= 11 is 0. The van der Waals surface area contributed by atoms with Crippen LogP contribution in [0.25, 0.3) is 0 Å². The van der Waals surface area contributed by atoms with Crippen molar-refractivity contribution in [2.75, 3.05) is 6.61 Å². The average molecular weight is 218 g/mol. The largest absolute Gasteiger partial charge is 0.468 e. The molecule has 0 spiro atoms. The van der Waals surface area contributed by atoms with E-state index in [0.29, 0.717) is 0 Å². The maximum atomic E-state index is 12.4. The molecule has 82 valence electrons.